The average molecular weight is 410 g/mol. The molecule has 0 unspecified atom stereocenters. The number of rotatable bonds is 5. The zero-order valence-corrected chi connectivity index (χ0v) is 14.2. The van der Waals surface area contributed by atoms with Crippen molar-refractivity contribution in [3.8, 4) is 17.0 Å². The normalized spacial score (nSPS) is 11.2. The third kappa shape index (κ3) is 4.86. The van der Waals surface area contributed by atoms with Crippen LogP contribution >= 0.6 is 0 Å². The van der Waals surface area contributed by atoms with E-state index in [-0.39, 0.29) is 17.1 Å². The summed E-state index contributed by atoms with van der Waals surface area (Å²) in [4.78, 5) is 22.3. The van der Waals surface area contributed by atoms with E-state index in [0.29, 0.717) is 23.4 Å². The summed E-state index contributed by atoms with van der Waals surface area (Å²) in [5.41, 5.74) is 0.650. The molecule has 8 nitrogen and oxygen atoms in total. The van der Waals surface area contributed by atoms with Gasteiger partial charge in [-0.05, 0) is 30.3 Å². The fraction of sp³-hybridized carbons (Fsp3) is 0.0588. The Morgan fingerprint density at radius 2 is 1.83 bits per heavy atom. The number of hydrogen-bond donors (Lipinski definition) is 2. The molecule has 0 bridgehead atoms. The fourth-order valence-corrected chi connectivity index (χ4v) is 2.33. The topological polar surface area (TPSA) is 110 Å². The van der Waals surface area contributed by atoms with E-state index >= 15 is 0 Å². The van der Waals surface area contributed by atoms with E-state index in [4.69, 9.17) is 0 Å². The Morgan fingerprint density at radius 3 is 2.41 bits per heavy atom. The van der Waals surface area contributed by atoms with Crippen LogP contribution in [-0.2, 0) is 0 Å². The van der Waals surface area contributed by atoms with Crippen molar-refractivity contribution in [2.45, 2.75) is 6.36 Å². The fourth-order valence-electron chi connectivity index (χ4n) is 2.33. The van der Waals surface area contributed by atoms with Crippen LogP contribution in [0.4, 0.5) is 29.1 Å². The Kier molecular flexibility index (Phi) is 5.17. The Labute approximate surface area is 159 Å². The Hall–Kier alpha value is -3.96. The predicted molar refractivity (Wildman–Crippen MR) is 91.7 cm³/mol. The standard InChI is InChI=1S/C17H10F4N4O4/c18-12-7-10(3-6-14(12)29-17(19,20)21)16(26)22-15-8-13(23-24-15)9-1-4-11(5-2-9)25(27)28/h1-8H,(H2,22,23,24,26). The van der Waals surface area contributed by atoms with E-state index in [9.17, 15) is 32.5 Å². The van der Waals surface area contributed by atoms with Crippen LogP contribution in [0.5, 0.6) is 5.75 Å². The Bertz CT molecular complexity index is 1060. The second-order valence-electron chi connectivity index (χ2n) is 5.62. The molecule has 0 aliphatic carbocycles. The number of carbonyl (C=O) groups is 1. The molecule has 29 heavy (non-hydrogen) atoms. The number of carbonyl (C=O) groups excluding carboxylic acids is 1. The maximum atomic E-state index is 13.7. The molecule has 1 aromatic heterocycles. The van der Waals surface area contributed by atoms with Crippen LogP contribution in [0, 0.1) is 15.9 Å². The van der Waals surface area contributed by atoms with Gasteiger partial charge in [0.2, 0.25) is 0 Å². The number of aromatic nitrogens is 2. The van der Waals surface area contributed by atoms with Crippen LogP contribution in [0.25, 0.3) is 11.3 Å². The highest BCUT2D eigenvalue weighted by molar-refractivity contribution is 6.04. The SMILES string of the molecule is O=C(Nc1cc(-c2ccc([N+](=O)[O-])cc2)[nH]n1)c1ccc(OC(F)(F)F)c(F)c1. The molecule has 0 aliphatic rings. The number of nitrogens with zero attached hydrogens (tertiary/aromatic N) is 2. The van der Waals surface area contributed by atoms with Crippen LogP contribution in [0.15, 0.2) is 48.5 Å². The summed E-state index contributed by atoms with van der Waals surface area (Å²) in [6.07, 6.45) is -5.06. The van der Waals surface area contributed by atoms with E-state index < -0.39 is 28.8 Å². The number of non-ortho nitro benzene ring substituents is 1. The van der Waals surface area contributed by atoms with Crippen LogP contribution in [0.2, 0.25) is 0 Å². The maximum absolute atomic E-state index is 13.7. The van der Waals surface area contributed by atoms with E-state index in [1.165, 1.54) is 30.3 Å². The number of nitro groups is 1. The number of anilines is 1. The van der Waals surface area contributed by atoms with Gasteiger partial charge in [0.05, 0.1) is 10.6 Å². The largest absolute Gasteiger partial charge is 0.573 e. The zero-order chi connectivity index (χ0) is 21.2. The van der Waals surface area contributed by atoms with Crippen molar-refractivity contribution in [1.29, 1.82) is 0 Å². The lowest BCUT2D eigenvalue weighted by Gasteiger charge is -2.10. The van der Waals surface area contributed by atoms with Gasteiger partial charge >= 0.3 is 6.36 Å². The minimum atomic E-state index is -5.06. The van der Waals surface area contributed by atoms with Gasteiger partial charge in [-0.15, -0.1) is 13.2 Å². The number of ether oxygens (including phenoxy) is 1. The minimum Gasteiger partial charge on any atom is -0.403 e. The van der Waals surface area contributed by atoms with E-state index in [0.717, 1.165) is 6.07 Å². The van der Waals surface area contributed by atoms with Gasteiger partial charge in [0, 0.05) is 29.3 Å². The van der Waals surface area contributed by atoms with Crippen molar-refractivity contribution in [2.24, 2.45) is 0 Å². The number of nitro benzene ring substituents is 1. The number of H-pyrrole nitrogens is 1. The third-order valence-electron chi connectivity index (χ3n) is 3.63. The molecule has 1 amide bonds. The quantitative estimate of drug-likeness (QED) is 0.371. The van der Waals surface area contributed by atoms with Crippen LogP contribution in [0.3, 0.4) is 0 Å². The van der Waals surface area contributed by atoms with Gasteiger partial charge in [-0.25, -0.2) is 4.39 Å². The van der Waals surface area contributed by atoms with Crippen molar-refractivity contribution in [1.82, 2.24) is 10.2 Å². The van der Waals surface area contributed by atoms with Gasteiger partial charge in [0.25, 0.3) is 11.6 Å². The van der Waals surface area contributed by atoms with Gasteiger partial charge in [-0.3, -0.25) is 20.0 Å². The van der Waals surface area contributed by atoms with Gasteiger partial charge in [-0.2, -0.15) is 5.10 Å². The highest BCUT2D eigenvalue weighted by Gasteiger charge is 2.32. The smallest absolute Gasteiger partial charge is 0.403 e. The lowest BCUT2D eigenvalue weighted by Crippen LogP contribution is -2.18. The molecule has 0 atom stereocenters. The van der Waals surface area contributed by atoms with E-state index in [1.807, 2.05) is 0 Å². The molecule has 3 aromatic rings. The van der Waals surface area contributed by atoms with Crippen LogP contribution in [0.1, 0.15) is 10.4 Å². The van der Waals surface area contributed by atoms with Crippen molar-refractivity contribution in [3.05, 3.63) is 70.0 Å². The summed E-state index contributed by atoms with van der Waals surface area (Å²) in [5, 5.41) is 19.5. The number of benzene rings is 2. The first-order chi connectivity index (χ1) is 13.6. The molecule has 3 rings (SSSR count). The highest BCUT2D eigenvalue weighted by atomic mass is 19.4. The number of aromatic amines is 1. The molecular formula is C17H10F4N4O4. The molecule has 0 aliphatic heterocycles. The number of nitrogens with one attached hydrogen (secondary N) is 2. The lowest BCUT2D eigenvalue weighted by molar-refractivity contribution is -0.384. The summed E-state index contributed by atoms with van der Waals surface area (Å²) in [6.45, 7) is 0. The van der Waals surface area contributed by atoms with E-state index in [2.05, 4.69) is 20.3 Å². The molecule has 0 spiro atoms. The van der Waals surface area contributed by atoms with Gasteiger partial charge in [-0.1, -0.05) is 0 Å². The number of halogens is 4. The molecule has 0 radical (unpaired) electrons. The molecule has 0 fully saturated rings. The summed E-state index contributed by atoms with van der Waals surface area (Å²) in [6, 6.07) is 9.21. The molecule has 12 heteroatoms. The second-order valence-corrected chi connectivity index (χ2v) is 5.62. The summed E-state index contributed by atoms with van der Waals surface area (Å²) in [7, 11) is 0. The highest BCUT2D eigenvalue weighted by Crippen LogP contribution is 2.27. The molecule has 0 saturated carbocycles. The first-order valence-corrected chi connectivity index (χ1v) is 7.79. The molecule has 0 saturated heterocycles. The summed E-state index contributed by atoms with van der Waals surface area (Å²) >= 11 is 0. The van der Waals surface area contributed by atoms with Crippen LogP contribution in [-0.4, -0.2) is 27.4 Å². The summed E-state index contributed by atoms with van der Waals surface area (Å²) < 4.78 is 53.7. The van der Waals surface area contributed by atoms with Crippen molar-refractivity contribution >= 4 is 17.4 Å². The molecule has 2 N–H and O–H groups in total. The Balaban J connectivity index is 1.71. The zero-order valence-electron chi connectivity index (χ0n) is 14.2. The van der Waals surface area contributed by atoms with Gasteiger partial charge in [0.1, 0.15) is 0 Å². The van der Waals surface area contributed by atoms with Gasteiger partial charge < -0.3 is 10.1 Å². The van der Waals surface area contributed by atoms with Crippen molar-refractivity contribution in [3.63, 3.8) is 0 Å². The number of alkyl halides is 3. The number of hydrogen-bond acceptors (Lipinski definition) is 5. The third-order valence-corrected chi connectivity index (χ3v) is 3.63. The second kappa shape index (κ2) is 7.58. The van der Waals surface area contributed by atoms with E-state index in [1.54, 1.807) is 0 Å². The van der Waals surface area contributed by atoms with Crippen LogP contribution < -0.4 is 10.1 Å². The summed E-state index contributed by atoms with van der Waals surface area (Å²) in [5.74, 6) is -3.18. The molecule has 2 aromatic carbocycles. The monoisotopic (exact) mass is 410 g/mol. The van der Waals surface area contributed by atoms with Gasteiger partial charge in [0.15, 0.2) is 17.4 Å². The lowest BCUT2D eigenvalue weighted by atomic mass is 10.1. The molecular weight excluding hydrogens is 400 g/mol. The first kappa shape index (κ1) is 19.8. The average Bonchev–Trinajstić information content (AvgIpc) is 3.11. The molecule has 1 heterocycles. The number of amides is 1. The Morgan fingerprint density at radius 1 is 1.14 bits per heavy atom. The van der Waals surface area contributed by atoms with Crippen molar-refractivity contribution in [2.75, 3.05) is 5.32 Å². The van der Waals surface area contributed by atoms with Crippen molar-refractivity contribution < 1.29 is 32.0 Å². The minimum absolute atomic E-state index is 0.0550. The molecule has 150 valence electrons. The maximum Gasteiger partial charge on any atom is 0.573 e. The predicted octanol–water partition coefficient (Wildman–Crippen LogP) is 4.27. The first-order valence-electron chi connectivity index (χ1n) is 7.79.